The van der Waals surface area contributed by atoms with Gasteiger partial charge in [0.25, 0.3) is 0 Å². The molecule has 3 aromatic carbocycles. The molecule has 162 valence electrons. The number of nitrogens with zero attached hydrogens (tertiary/aromatic N) is 2. The molecule has 1 heterocycles. The number of aromatic nitrogens is 2. The van der Waals surface area contributed by atoms with Crippen LogP contribution in [0, 0.1) is 5.92 Å². The summed E-state index contributed by atoms with van der Waals surface area (Å²) in [4.78, 5) is 22.1. The molecule has 0 aliphatic carbocycles. The Labute approximate surface area is 188 Å². The van der Waals surface area contributed by atoms with Gasteiger partial charge in [-0.05, 0) is 34.2 Å². The Morgan fingerprint density at radius 3 is 2.41 bits per heavy atom. The molecule has 0 spiro atoms. The number of hydrogen-bond donors (Lipinski definition) is 2. The molecular weight excluding hydrogens is 398 g/mol. The number of carbonyl (C=O) groups excluding carboxylic acids is 1. The van der Waals surface area contributed by atoms with Crippen molar-refractivity contribution < 1.29 is 9.90 Å². The maximum atomic E-state index is 12.8. The number of carbonyl (C=O) groups is 1. The molecule has 2 N–H and O–H groups in total. The highest BCUT2D eigenvalue weighted by atomic mass is 16.3. The Morgan fingerprint density at radius 2 is 1.69 bits per heavy atom. The molecular formula is C27H27N3O2. The Bertz CT molecular complexity index is 1230. The van der Waals surface area contributed by atoms with E-state index in [4.69, 9.17) is 4.98 Å². The van der Waals surface area contributed by atoms with Crippen LogP contribution in [0.15, 0.2) is 72.9 Å². The number of fused-ring (bicyclic) bond motifs is 1. The van der Waals surface area contributed by atoms with E-state index in [2.05, 4.69) is 42.3 Å². The van der Waals surface area contributed by atoms with Crippen LogP contribution in [0.3, 0.4) is 0 Å². The van der Waals surface area contributed by atoms with Crippen molar-refractivity contribution in [3.63, 3.8) is 0 Å². The van der Waals surface area contributed by atoms with Gasteiger partial charge in [0, 0.05) is 5.56 Å². The Morgan fingerprint density at radius 1 is 0.969 bits per heavy atom. The maximum absolute atomic E-state index is 12.8. The second kappa shape index (κ2) is 9.71. The maximum Gasteiger partial charge on any atom is 0.229 e. The molecule has 4 rings (SSSR count). The lowest BCUT2D eigenvalue weighted by Crippen LogP contribution is -2.18. The van der Waals surface area contributed by atoms with Crippen molar-refractivity contribution in [1.29, 1.82) is 0 Å². The predicted molar refractivity (Wildman–Crippen MR) is 128 cm³/mol. The molecule has 0 radical (unpaired) electrons. The number of anilines is 1. The van der Waals surface area contributed by atoms with E-state index in [0.29, 0.717) is 18.2 Å². The highest BCUT2D eigenvalue weighted by Gasteiger charge is 2.14. The molecule has 0 aliphatic heterocycles. The van der Waals surface area contributed by atoms with E-state index in [-0.39, 0.29) is 18.9 Å². The van der Waals surface area contributed by atoms with Gasteiger partial charge in [0.15, 0.2) is 5.82 Å². The summed E-state index contributed by atoms with van der Waals surface area (Å²) < 4.78 is 0. The fourth-order valence-corrected chi connectivity index (χ4v) is 3.69. The van der Waals surface area contributed by atoms with E-state index in [0.717, 1.165) is 38.9 Å². The first-order valence-corrected chi connectivity index (χ1v) is 10.9. The van der Waals surface area contributed by atoms with E-state index in [9.17, 15) is 9.90 Å². The second-order valence-electron chi connectivity index (χ2n) is 8.41. The summed E-state index contributed by atoms with van der Waals surface area (Å²) in [6.07, 6.45) is 2.67. The fraction of sp³-hybridized carbons (Fsp3) is 0.222. The number of aliphatic hydroxyl groups excluding tert-OH is 1. The normalized spacial score (nSPS) is 11.1. The van der Waals surface area contributed by atoms with E-state index in [1.165, 1.54) is 0 Å². The van der Waals surface area contributed by atoms with Crippen LogP contribution in [-0.4, -0.2) is 21.0 Å². The van der Waals surface area contributed by atoms with Crippen molar-refractivity contribution in [2.45, 2.75) is 33.3 Å². The third-order valence-corrected chi connectivity index (χ3v) is 5.31. The lowest BCUT2D eigenvalue weighted by molar-refractivity contribution is -0.115. The van der Waals surface area contributed by atoms with Crippen LogP contribution >= 0.6 is 0 Å². The predicted octanol–water partition coefficient (Wildman–Crippen LogP) is 5.17. The molecule has 0 saturated carbocycles. The van der Waals surface area contributed by atoms with E-state index in [1.807, 2.05) is 48.5 Å². The van der Waals surface area contributed by atoms with Gasteiger partial charge in [0.2, 0.25) is 5.91 Å². The topological polar surface area (TPSA) is 75.1 Å². The summed E-state index contributed by atoms with van der Waals surface area (Å²) in [6, 6.07) is 21.8. The van der Waals surface area contributed by atoms with Crippen molar-refractivity contribution in [2.24, 2.45) is 5.92 Å². The van der Waals surface area contributed by atoms with Crippen LogP contribution in [0.2, 0.25) is 0 Å². The number of amides is 1. The lowest BCUT2D eigenvalue weighted by atomic mass is 10.0. The van der Waals surface area contributed by atoms with E-state index in [1.54, 1.807) is 6.20 Å². The molecule has 0 unspecified atom stereocenters. The van der Waals surface area contributed by atoms with Crippen molar-refractivity contribution >= 4 is 22.5 Å². The molecule has 0 bridgehead atoms. The van der Waals surface area contributed by atoms with Gasteiger partial charge in [-0.25, -0.2) is 9.97 Å². The first-order chi connectivity index (χ1) is 15.5. The summed E-state index contributed by atoms with van der Waals surface area (Å²) in [6.45, 7) is 4.24. The summed E-state index contributed by atoms with van der Waals surface area (Å²) in [5.41, 5.74) is 4.25. The van der Waals surface area contributed by atoms with Crippen LogP contribution in [0.25, 0.3) is 22.0 Å². The molecule has 0 fully saturated rings. The van der Waals surface area contributed by atoms with Gasteiger partial charge < -0.3 is 10.4 Å². The molecule has 0 aliphatic rings. The number of nitrogens with one attached hydrogen (secondary N) is 1. The molecule has 1 aromatic heterocycles. The zero-order valence-corrected chi connectivity index (χ0v) is 18.4. The first-order valence-electron chi connectivity index (χ1n) is 10.9. The van der Waals surface area contributed by atoms with Gasteiger partial charge in [-0.2, -0.15) is 0 Å². The SMILES string of the molecule is CC(C)Cc1nc(-c2ccc(CO)cc2)cnc1NC(=O)Cc1ccc2ccccc2c1. The van der Waals surface area contributed by atoms with Crippen LogP contribution in [0.5, 0.6) is 0 Å². The zero-order valence-electron chi connectivity index (χ0n) is 18.4. The van der Waals surface area contributed by atoms with E-state index < -0.39 is 0 Å². The van der Waals surface area contributed by atoms with Crippen LogP contribution in [0.1, 0.15) is 30.7 Å². The number of hydrogen-bond acceptors (Lipinski definition) is 4. The number of aliphatic hydroxyl groups is 1. The molecule has 1 amide bonds. The summed E-state index contributed by atoms with van der Waals surface area (Å²) in [5.74, 6) is 0.771. The van der Waals surface area contributed by atoms with Crippen molar-refractivity contribution in [2.75, 3.05) is 5.32 Å². The highest BCUT2D eigenvalue weighted by Crippen LogP contribution is 2.23. The quantitative estimate of drug-likeness (QED) is 0.428. The van der Waals surface area contributed by atoms with Crippen LogP contribution < -0.4 is 5.32 Å². The highest BCUT2D eigenvalue weighted by molar-refractivity contribution is 5.93. The molecule has 5 nitrogen and oxygen atoms in total. The number of benzene rings is 3. The minimum absolute atomic E-state index is 0.00668. The Balaban J connectivity index is 1.54. The van der Waals surface area contributed by atoms with Gasteiger partial charge in [-0.3, -0.25) is 4.79 Å². The van der Waals surface area contributed by atoms with E-state index >= 15 is 0 Å². The minimum atomic E-state index is -0.111. The van der Waals surface area contributed by atoms with Crippen molar-refractivity contribution in [3.8, 4) is 11.3 Å². The molecule has 0 saturated heterocycles. The lowest BCUT2D eigenvalue weighted by Gasteiger charge is -2.13. The summed E-state index contributed by atoms with van der Waals surface area (Å²) in [7, 11) is 0. The van der Waals surface area contributed by atoms with Gasteiger partial charge in [0.1, 0.15) is 0 Å². The van der Waals surface area contributed by atoms with Gasteiger partial charge in [0.05, 0.1) is 30.6 Å². The third kappa shape index (κ3) is 5.18. The van der Waals surface area contributed by atoms with Crippen LogP contribution in [0.4, 0.5) is 5.82 Å². The Kier molecular flexibility index (Phi) is 6.57. The first kappa shape index (κ1) is 21.7. The Hall–Kier alpha value is -3.57. The summed E-state index contributed by atoms with van der Waals surface area (Å²) >= 11 is 0. The standard InChI is InChI=1S/C27H27N3O2/c1-18(2)13-24-27(28-16-25(29-24)22-11-7-19(17-31)8-12-22)30-26(32)15-20-9-10-21-5-3-4-6-23(21)14-20/h3-12,14,16,18,31H,13,15,17H2,1-2H3,(H,28,30,32). The van der Waals surface area contributed by atoms with Crippen molar-refractivity contribution in [1.82, 2.24) is 9.97 Å². The van der Waals surface area contributed by atoms with Gasteiger partial charge in [-0.15, -0.1) is 0 Å². The minimum Gasteiger partial charge on any atom is -0.392 e. The summed E-state index contributed by atoms with van der Waals surface area (Å²) in [5, 5.41) is 14.5. The average Bonchev–Trinajstić information content (AvgIpc) is 2.80. The van der Waals surface area contributed by atoms with Gasteiger partial charge >= 0.3 is 0 Å². The molecule has 0 atom stereocenters. The largest absolute Gasteiger partial charge is 0.392 e. The van der Waals surface area contributed by atoms with Crippen molar-refractivity contribution in [3.05, 3.63) is 89.7 Å². The fourth-order valence-electron chi connectivity index (χ4n) is 3.69. The number of rotatable bonds is 7. The molecule has 32 heavy (non-hydrogen) atoms. The van der Waals surface area contributed by atoms with Crippen LogP contribution in [-0.2, 0) is 24.2 Å². The molecule has 4 aromatic rings. The zero-order chi connectivity index (χ0) is 22.5. The molecule has 5 heteroatoms. The third-order valence-electron chi connectivity index (χ3n) is 5.31. The monoisotopic (exact) mass is 425 g/mol. The van der Waals surface area contributed by atoms with Gasteiger partial charge in [-0.1, -0.05) is 80.6 Å². The average molecular weight is 426 g/mol. The smallest absolute Gasteiger partial charge is 0.229 e. The second-order valence-corrected chi connectivity index (χ2v) is 8.41.